The maximum Gasteiger partial charge on any atom is 0.191 e. The second kappa shape index (κ2) is 8.41. The molecule has 0 bridgehead atoms. The molecule has 0 unspecified atom stereocenters. The zero-order valence-corrected chi connectivity index (χ0v) is 15.2. The number of hydrogen-bond donors (Lipinski definition) is 2. The van der Waals surface area contributed by atoms with Crippen molar-refractivity contribution in [3.8, 4) is 0 Å². The van der Waals surface area contributed by atoms with Crippen molar-refractivity contribution < 1.29 is 0 Å². The molecule has 1 aliphatic heterocycles. The molecule has 2 aliphatic rings. The predicted octanol–water partition coefficient (Wildman–Crippen LogP) is 3.39. The lowest BCUT2D eigenvalue weighted by Crippen LogP contribution is -2.38. The molecule has 0 atom stereocenters. The van der Waals surface area contributed by atoms with Crippen LogP contribution in [0.5, 0.6) is 0 Å². The van der Waals surface area contributed by atoms with E-state index in [0.717, 1.165) is 37.4 Å². The SMILES string of the molecule is CCNC(=NCc1ccc(N2CCC(C)CC2)cc1)NCC1CC1. The van der Waals surface area contributed by atoms with Gasteiger partial charge in [-0.25, -0.2) is 4.99 Å². The molecular formula is C20H32N4. The molecule has 132 valence electrons. The van der Waals surface area contributed by atoms with Crippen molar-refractivity contribution in [2.24, 2.45) is 16.8 Å². The largest absolute Gasteiger partial charge is 0.372 e. The normalized spacial score (nSPS) is 19.4. The molecule has 1 saturated heterocycles. The molecule has 1 aromatic rings. The quantitative estimate of drug-likeness (QED) is 0.621. The van der Waals surface area contributed by atoms with Gasteiger partial charge in [-0.15, -0.1) is 0 Å². The fourth-order valence-corrected chi connectivity index (χ4v) is 3.15. The third-order valence-electron chi connectivity index (χ3n) is 5.10. The minimum Gasteiger partial charge on any atom is -0.372 e. The third kappa shape index (κ3) is 5.15. The number of rotatable bonds is 6. The van der Waals surface area contributed by atoms with Crippen molar-refractivity contribution in [2.45, 2.75) is 46.1 Å². The Morgan fingerprint density at radius 3 is 2.42 bits per heavy atom. The first-order chi connectivity index (χ1) is 11.7. The topological polar surface area (TPSA) is 39.7 Å². The second-order valence-corrected chi connectivity index (χ2v) is 7.36. The summed E-state index contributed by atoms with van der Waals surface area (Å²) < 4.78 is 0. The van der Waals surface area contributed by atoms with Crippen molar-refractivity contribution in [3.63, 3.8) is 0 Å². The molecule has 2 N–H and O–H groups in total. The van der Waals surface area contributed by atoms with Gasteiger partial charge in [-0.3, -0.25) is 0 Å². The van der Waals surface area contributed by atoms with E-state index in [1.165, 1.54) is 50.0 Å². The van der Waals surface area contributed by atoms with Crippen LogP contribution in [0.1, 0.15) is 45.1 Å². The Kier molecular flexibility index (Phi) is 6.00. The Bertz CT molecular complexity index is 525. The predicted molar refractivity (Wildman–Crippen MR) is 103 cm³/mol. The molecule has 24 heavy (non-hydrogen) atoms. The number of benzene rings is 1. The Morgan fingerprint density at radius 1 is 1.08 bits per heavy atom. The number of nitrogens with zero attached hydrogens (tertiary/aromatic N) is 2. The number of guanidine groups is 1. The summed E-state index contributed by atoms with van der Waals surface area (Å²) in [6, 6.07) is 8.96. The maximum absolute atomic E-state index is 4.72. The van der Waals surface area contributed by atoms with E-state index in [0.29, 0.717) is 0 Å². The molecule has 1 heterocycles. The maximum atomic E-state index is 4.72. The fraction of sp³-hybridized carbons (Fsp3) is 0.650. The standard InChI is InChI=1S/C20H32N4/c1-3-21-20(22-14-17-4-5-17)23-15-18-6-8-19(9-7-18)24-12-10-16(2)11-13-24/h6-9,16-17H,3-5,10-15H2,1-2H3,(H2,21,22,23). The molecule has 0 radical (unpaired) electrons. The van der Waals surface area contributed by atoms with E-state index < -0.39 is 0 Å². The van der Waals surface area contributed by atoms with Crippen molar-refractivity contribution in [1.82, 2.24) is 10.6 Å². The van der Waals surface area contributed by atoms with Crippen LogP contribution in [0.3, 0.4) is 0 Å². The van der Waals surface area contributed by atoms with E-state index >= 15 is 0 Å². The minimum absolute atomic E-state index is 0.733. The molecule has 0 amide bonds. The Morgan fingerprint density at radius 2 is 1.79 bits per heavy atom. The van der Waals surface area contributed by atoms with Crippen LogP contribution < -0.4 is 15.5 Å². The first-order valence-corrected chi connectivity index (χ1v) is 9.60. The summed E-state index contributed by atoms with van der Waals surface area (Å²) in [5.41, 5.74) is 2.63. The second-order valence-electron chi connectivity index (χ2n) is 7.36. The van der Waals surface area contributed by atoms with E-state index in [-0.39, 0.29) is 0 Å². The van der Waals surface area contributed by atoms with Gasteiger partial charge < -0.3 is 15.5 Å². The highest BCUT2D eigenvalue weighted by molar-refractivity contribution is 5.79. The molecule has 0 spiro atoms. The van der Waals surface area contributed by atoms with Gasteiger partial charge in [0.2, 0.25) is 0 Å². The van der Waals surface area contributed by atoms with Crippen molar-refractivity contribution in [3.05, 3.63) is 29.8 Å². The number of anilines is 1. The molecule has 4 nitrogen and oxygen atoms in total. The van der Waals surface area contributed by atoms with Gasteiger partial charge in [-0.05, 0) is 62.1 Å². The Balaban J connectivity index is 1.53. The minimum atomic E-state index is 0.733. The summed E-state index contributed by atoms with van der Waals surface area (Å²) in [6.07, 6.45) is 5.35. The highest BCUT2D eigenvalue weighted by atomic mass is 15.2. The molecule has 0 aromatic heterocycles. The lowest BCUT2D eigenvalue weighted by atomic mass is 9.99. The number of hydrogen-bond acceptors (Lipinski definition) is 2. The van der Waals surface area contributed by atoms with Crippen LogP contribution in [0.15, 0.2) is 29.3 Å². The smallest absolute Gasteiger partial charge is 0.191 e. The monoisotopic (exact) mass is 328 g/mol. The summed E-state index contributed by atoms with van der Waals surface area (Å²) in [5, 5.41) is 6.78. The Hall–Kier alpha value is -1.71. The zero-order chi connectivity index (χ0) is 16.8. The first-order valence-electron chi connectivity index (χ1n) is 9.60. The van der Waals surface area contributed by atoms with Gasteiger partial charge in [-0.2, -0.15) is 0 Å². The number of nitrogens with one attached hydrogen (secondary N) is 2. The molecule has 2 fully saturated rings. The van der Waals surface area contributed by atoms with E-state index in [2.05, 4.69) is 53.6 Å². The van der Waals surface area contributed by atoms with E-state index in [9.17, 15) is 0 Å². The molecule has 3 rings (SSSR count). The van der Waals surface area contributed by atoms with Gasteiger partial charge in [0, 0.05) is 31.9 Å². The van der Waals surface area contributed by atoms with Gasteiger partial charge in [-0.1, -0.05) is 19.1 Å². The van der Waals surface area contributed by atoms with E-state index in [1.54, 1.807) is 0 Å². The lowest BCUT2D eigenvalue weighted by Gasteiger charge is -2.32. The molecule has 1 saturated carbocycles. The average Bonchev–Trinajstić information content (AvgIpc) is 3.43. The fourth-order valence-electron chi connectivity index (χ4n) is 3.15. The molecule has 4 heteroatoms. The van der Waals surface area contributed by atoms with Crippen molar-refractivity contribution in [2.75, 3.05) is 31.1 Å². The molecule has 1 aliphatic carbocycles. The average molecular weight is 329 g/mol. The lowest BCUT2D eigenvalue weighted by molar-refractivity contribution is 0.438. The van der Waals surface area contributed by atoms with E-state index in [1.807, 2.05) is 0 Å². The first kappa shape index (κ1) is 17.1. The van der Waals surface area contributed by atoms with Crippen LogP contribution in [0, 0.1) is 11.8 Å². The number of piperidine rings is 1. The van der Waals surface area contributed by atoms with Crippen molar-refractivity contribution >= 4 is 11.6 Å². The highest BCUT2D eigenvalue weighted by Gasteiger charge is 2.21. The summed E-state index contributed by atoms with van der Waals surface area (Å²) in [4.78, 5) is 7.22. The van der Waals surface area contributed by atoms with Crippen LogP contribution in [0.2, 0.25) is 0 Å². The molecular weight excluding hydrogens is 296 g/mol. The van der Waals surface area contributed by atoms with Crippen LogP contribution in [-0.2, 0) is 6.54 Å². The number of aliphatic imine (C=N–C) groups is 1. The third-order valence-corrected chi connectivity index (χ3v) is 5.10. The molecule has 1 aromatic carbocycles. The summed E-state index contributed by atoms with van der Waals surface area (Å²) >= 11 is 0. The summed E-state index contributed by atoms with van der Waals surface area (Å²) in [5.74, 6) is 2.68. The van der Waals surface area contributed by atoms with Crippen LogP contribution in [0.25, 0.3) is 0 Å². The van der Waals surface area contributed by atoms with Crippen molar-refractivity contribution in [1.29, 1.82) is 0 Å². The van der Waals surface area contributed by atoms with Gasteiger partial charge in [0.15, 0.2) is 5.96 Å². The van der Waals surface area contributed by atoms with Gasteiger partial charge in [0.05, 0.1) is 6.54 Å². The van der Waals surface area contributed by atoms with Gasteiger partial charge in [0.1, 0.15) is 0 Å². The van der Waals surface area contributed by atoms with E-state index in [4.69, 9.17) is 4.99 Å². The Labute approximate surface area is 146 Å². The summed E-state index contributed by atoms with van der Waals surface area (Å²) in [7, 11) is 0. The van der Waals surface area contributed by atoms with Crippen LogP contribution in [0.4, 0.5) is 5.69 Å². The van der Waals surface area contributed by atoms with Gasteiger partial charge >= 0.3 is 0 Å². The van der Waals surface area contributed by atoms with Crippen LogP contribution >= 0.6 is 0 Å². The highest BCUT2D eigenvalue weighted by Crippen LogP contribution is 2.27. The zero-order valence-electron chi connectivity index (χ0n) is 15.2. The van der Waals surface area contributed by atoms with Crippen LogP contribution in [-0.4, -0.2) is 32.1 Å². The van der Waals surface area contributed by atoms with Gasteiger partial charge in [0.25, 0.3) is 0 Å². The summed E-state index contributed by atoms with van der Waals surface area (Å²) in [6.45, 7) is 9.54.